The van der Waals surface area contributed by atoms with Crippen LogP contribution in [-0.2, 0) is 4.79 Å². The van der Waals surface area contributed by atoms with Gasteiger partial charge < -0.3 is 10.1 Å². The zero-order chi connectivity index (χ0) is 15.5. The average molecular weight is 292 g/mol. The summed E-state index contributed by atoms with van der Waals surface area (Å²) in [4.78, 5) is 23.1. The Kier molecular flexibility index (Phi) is 4.56. The van der Waals surface area contributed by atoms with Crippen LogP contribution in [0.3, 0.4) is 0 Å². The Labute approximate surface area is 125 Å². The molecule has 1 aromatic rings. The van der Waals surface area contributed by atoms with Crippen molar-refractivity contribution < 1.29 is 9.53 Å². The molecule has 0 bridgehead atoms. The Morgan fingerprint density at radius 1 is 1.24 bits per heavy atom. The minimum absolute atomic E-state index is 0.0703. The first kappa shape index (κ1) is 15.8. The van der Waals surface area contributed by atoms with Gasteiger partial charge in [0.1, 0.15) is 12.7 Å². The molecule has 0 atom stereocenters. The number of rotatable bonds is 4. The van der Waals surface area contributed by atoms with Crippen LogP contribution in [0.4, 0.5) is 0 Å². The Morgan fingerprint density at radius 2 is 1.81 bits per heavy atom. The maximum atomic E-state index is 11.8. The number of ether oxygens (including phenoxy) is 1. The first-order valence-electron chi connectivity index (χ1n) is 7.38. The second-order valence-corrected chi connectivity index (χ2v) is 7.10. The summed E-state index contributed by atoms with van der Waals surface area (Å²) >= 11 is 0. The van der Waals surface area contributed by atoms with Gasteiger partial charge in [0.2, 0.25) is 0 Å². The van der Waals surface area contributed by atoms with Crippen molar-refractivity contribution in [2.45, 2.75) is 64.5 Å². The minimum Gasteiger partial charge on any atom is -0.391 e. The molecular weight excluding hydrogens is 268 g/mol. The molecule has 0 unspecified atom stereocenters. The van der Waals surface area contributed by atoms with Crippen molar-refractivity contribution in [2.24, 2.45) is 5.92 Å². The molecule has 6 nitrogen and oxygen atoms in total. The van der Waals surface area contributed by atoms with Crippen molar-refractivity contribution in [1.29, 1.82) is 0 Å². The molecule has 0 saturated carbocycles. The highest BCUT2D eigenvalue weighted by Gasteiger charge is 2.37. The van der Waals surface area contributed by atoms with E-state index in [2.05, 4.69) is 48.0 Å². The molecule has 0 radical (unpaired) electrons. The highest BCUT2D eigenvalue weighted by molar-refractivity contribution is 5.71. The van der Waals surface area contributed by atoms with E-state index in [0.717, 1.165) is 19.3 Å². The second-order valence-electron chi connectivity index (χ2n) is 7.10. The molecule has 1 aromatic heterocycles. The lowest BCUT2D eigenvalue weighted by Crippen LogP contribution is -2.57. The van der Waals surface area contributed by atoms with Crippen molar-refractivity contribution in [3.8, 4) is 6.01 Å². The zero-order valence-corrected chi connectivity index (χ0v) is 13.2. The van der Waals surface area contributed by atoms with Gasteiger partial charge in [0, 0.05) is 17.5 Å². The Morgan fingerprint density at radius 3 is 2.38 bits per heavy atom. The highest BCUT2D eigenvalue weighted by Crippen LogP contribution is 2.35. The van der Waals surface area contributed by atoms with Crippen LogP contribution in [-0.4, -0.2) is 32.0 Å². The van der Waals surface area contributed by atoms with E-state index in [0.29, 0.717) is 12.3 Å². The van der Waals surface area contributed by atoms with Gasteiger partial charge >= 0.3 is 12.0 Å². The number of nitrogens with one attached hydrogen (secondary N) is 1. The summed E-state index contributed by atoms with van der Waals surface area (Å²) in [5.74, 6) is 0.234. The number of aromatic nitrogens is 3. The van der Waals surface area contributed by atoms with E-state index in [1.165, 1.54) is 12.7 Å². The molecular formula is C15H24N4O2. The lowest BCUT2D eigenvalue weighted by atomic mass is 9.74. The molecule has 1 fully saturated rings. The fourth-order valence-corrected chi connectivity index (χ4v) is 3.49. The maximum absolute atomic E-state index is 11.8. The highest BCUT2D eigenvalue weighted by atomic mass is 16.5. The molecule has 6 heteroatoms. The Hall–Kier alpha value is -1.56. The summed E-state index contributed by atoms with van der Waals surface area (Å²) in [6.45, 7) is 8.85. The number of nitrogens with zero attached hydrogens (tertiary/aromatic N) is 3. The summed E-state index contributed by atoms with van der Waals surface area (Å²) in [6.07, 6.45) is 5.98. The van der Waals surface area contributed by atoms with Gasteiger partial charge in [0.25, 0.3) is 0 Å². The molecule has 116 valence electrons. The molecule has 0 amide bonds. The van der Waals surface area contributed by atoms with Crippen LogP contribution < -0.4 is 10.1 Å². The average Bonchev–Trinajstić information content (AvgIpc) is 2.34. The van der Waals surface area contributed by atoms with Gasteiger partial charge in [-0.3, -0.25) is 4.79 Å². The fraction of sp³-hybridized carbons (Fsp3) is 0.733. The van der Waals surface area contributed by atoms with Crippen molar-refractivity contribution in [3.05, 3.63) is 12.7 Å². The number of hydrogen-bond acceptors (Lipinski definition) is 6. The summed E-state index contributed by atoms with van der Waals surface area (Å²) in [7, 11) is 0. The molecule has 21 heavy (non-hydrogen) atoms. The van der Waals surface area contributed by atoms with Crippen LogP contribution in [0.1, 0.15) is 53.4 Å². The zero-order valence-electron chi connectivity index (χ0n) is 13.2. The number of piperidine rings is 1. The normalized spacial score (nSPS) is 21.0. The predicted molar refractivity (Wildman–Crippen MR) is 78.7 cm³/mol. The molecule has 0 spiro atoms. The minimum atomic E-state index is -0.282. The van der Waals surface area contributed by atoms with Crippen LogP contribution >= 0.6 is 0 Å². The van der Waals surface area contributed by atoms with E-state index in [4.69, 9.17) is 4.74 Å². The van der Waals surface area contributed by atoms with Gasteiger partial charge in [-0.25, -0.2) is 4.98 Å². The topological polar surface area (TPSA) is 77.0 Å². The van der Waals surface area contributed by atoms with E-state index in [1.54, 1.807) is 0 Å². The van der Waals surface area contributed by atoms with E-state index >= 15 is 0 Å². The van der Waals surface area contributed by atoms with Gasteiger partial charge in [0.05, 0.1) is 0 Å². The van der Waals surface area contributed by atoms with Crippen molar-refractivity contribution in [2.75, 3.05) is 0 Å². The van der Waals surface area contributed by atoms with E-state index < -0.39 is 0 Å². The second kappa shape index (κ2) is 6.05. The molecule has 1 N–H and O–H groups in total. The summed E-state index contributed by atoms with van der Waals surface area (Å²) < 4.78 is 5.09. The quantitative estimate of drug-likeness (QED) is 0.857. The number of esters is 1. The molecule has 2 heterocycles. The summed E-state index contributed by atoms with van der Waals surface area (Å²) in [5, 5.41) is 3.65. The number of carbonyl (C=O) groups excluding carboxylic acids is 1. The standard InChI is InChI=1S/C15H24N4O2/c1-14(2)7-11(8-15(3,4)19-14)5-6-12(20)21-13-17-9-16-10-18-13/h9-11,19H,5-8H2,1-4H3. The maximum Gasteiger partial charge on any atom is 0.327 e. The Bertz CT molecular complexity index is 472. The first-order chi connectivity index (χ1) is 9.76. The summed E-state index contributed by atoms with van der Waals surface area (Å²) in [6, 6.07) is 0.0703. The number of carbonyl (C=O) groups is 1. The monoisotopic (exact) mass is 292 g/mol. The lowest BCUT2D eigenvalue weighted by Gasteiger charge is -2.46. The molecule has 0 aromatic carbocycles. The fourth-order valence-electron chi connectivity index (χ4n) is 3.49. The van der Waals surface area contributed by atoms with Crippen LogP contribution in [0, 0.1) is 5.92 Å². The molecule has 1 aliphatic rings. The molecule has 0 aliphatic carbocycles. The van der Waals surface area contributed by atoms with E-state index in [-0.39, 0.29) is 23.1 Å². The smallest absolute Gasteiger partial charge is 0.327 e. The van der Waals surface area contributed by atoms with E-state index in [1.807, 2.05) is 0 Å². The van der Waals surface area contributed by atoms with Gasteiger partial charge in [-0.05, 0) is 52.9 Å². The van der Waals surface area contributed by atoms with Crippen LogP contribution in [0.25, 0.3) is 0 Å². The largest absolute Gasteiger partial charge is 0.391 e. The predicted octanol–water partition coefficient (Wildman–Crippen LogP) is 2.11. The van der Waals surface area contributed by atoms with Gasteiger partial charge in [-0.2, -0.15) is 9.97 Å². The van der Waals surface area contributed by atoms with Crippen LogP contribution in [0.5, 0.6) is 6.01 Å². The molecule has 2 rings (SSSR count). The van der Waals surface area contributed by atoms with Gasteiger partial charge in [-0.1, -0.05) is 0 Å². The van der Waals surface area contributed by atoms with E-state index in [9.17, 15) is 4.79 Å². The number of hydrogen-bond donors (Lipinski definition) is 1. The third-order valence-corrected chi connectivity index (χ3v) is 3.71. The Balaban J connectivity index is 1.83. The summed E-state index contributed by atoms with van der Waals surface area (Å²) in [5.41, 5.74) is 0.203. The third kappa shape index (κ3) is 5.04. The van der Waals surface area contributed by atoms with Crippen LogP contribution in [0.2, 0.25) is 0 Å². The lowest BCUT2D eigenvalue weighted by molar-refractivity contribution is -0.135. The van der Waals surface area contributed by atoms with Crippen molar-refractivity contribution in [3.63, 3.8) is 0 Å². The van der Waals surface area contributed by atoms with Crippen LogP contribution in [0.15, 0.2) is 12.7 Å². The molecule has 1 aliphatic heterocycles. The first-order valence-corrected chi connectivity index (χ1v) is 7.38. The van der Waals surface area contributed by atoms with Crippen molar-refractivity contribution >= 4 is 5.97 Å². The van der Waals surface area contributed by atoms with Gasteiger partial charge in [0.15, 0.2) is 0 Å². The van der Waals surface area contributed by atoms with Gasteiger partial charge in [-0.15, -0.1) is 0 Å². The molecule has 1 saturated heterocycles. The third-order valence-electron chi connectivity index (χ3n) is 3.71. The van der Waals surface area contributed by atoms with Crippen molar-refractivity contribution in [1.82, 2.24) is 20.3 Å². The SMILES string of the molecule is CC1(C)CC(CCC(=O)Oc2ncncn2)CC(C)(C)N1.